The van der Waals surface area contributed by atoms with E-state index in [0.717, 1.165) is 51.4 Å². The highest BCUT2D eigenvalue weighted by Crippen LogP contribution is 2.18. The van der Waals surface area contributed by atoms with E-state index in [1.165, 1.54) is 238 Å². The van der Waals surface area contributed by atoms with Gasteiger partial charge in [-0.15, -0.1) is 0 Å². The van der Waals surface area contributed by atoms with Crippen LogP contribution in [-0.2, 0) is 14.3 Å². The maximum absolute atomic E-state index is 12.5. The number of carbonyl (C=O) groups excluding carboxylic acids is 2. The number of hydrogen-bond donors (Lipinski definition) is 3. The van der Waals surface area contributed by atoms with Crippen LogP contribution in [-0.4, -0.2) is 47.4 Å². The van der Waals surface area contributed by atoms with E-state index in [2.05, 4.69) is 37.4 Å². The summed E-state index contributed by atoms with van der Waals surface area (Å²) in [4.78, 5) is 24.5. The van der Waals surface area contributed by atoms with Crippen LogP contribution in [0.15, 0.2) is 24.3 Å². The van der Waals surface area contributed by atoms with Crippen LogP contribution in [0.4, 0.5) is 0 Å². The van der Waals surface area contributed by atoms with Crippen LogP contribution in [0.25, 0.3) is 0 Å². The number of allylic oxidation sites excluding steroid dienone is 4. The standard InChI is InChI=1S/C61H117NO5/c1-3-5-7-9-11-13-15-17-19-20-21-22-23-24-25-27-29-33-37-41-45-49-53-59(64)58(57-63)62-60(65)54-50-46-42-38-34-30-28-32-36-40-44-48-52-56-67-61(66)55-51-47-43-39-35-31-26-18-16-14-12-10-8-6-4-2/h30,34,42,46,58-59,63-64H,3-29,31-33,35-41,43-45,47-57H2,1-2H3,(H,62,65)/b34-30-,46-42-. The van der Waals surface area contributed by atoms with Crippen molar-refractivity contribution in [2.75, 3.05) is 13.2 Å². The quantitative estimate of drug-likeness (QED) is 0.0321. The van der Waals surface area contributed by atoms with Crippen LogP contribution in [0.5, 0.6) is 0 Å². The molecule has 67 heavy (non-hydrogen) atoms. The van der Waals surface area contributed by atoms with Gasteiger partial charge in [-0.1, -0.05) is 295 Å². The zero-order valence-corrected chi connectivity index (χ0v) is 45.1. The van der Waals surface area contributed by atoms with Crippen molar-refractivity contribution in [3.63, 3.8) is 0 Å². The van der Waals surface area contributed by atoms with Crippen LogP contribution >= 0.6 is 0 Å². The molecule has 396 valence electrons. The van der Waals surface area contributed by atoms with E-state index in [1.54, 1.807) is 0 Å². The number of unbranched alkanes of at least 4 members (excludes halogenated alkanes) is 41. The molecule has 0 aliphatic carbocycles. The number of rotatable bonds is 56. The molecule has 6 heteroatoms. The third kappa shape index (κ3) is 53.5. The Kier molecular flexibility index (Phi) is 55.5. The van der Waals surface area contributed by atoms with Crippen LogP contribution in [0, 0.1) is 0 Å². The zero-order valence-electron chi connectivity index (χ0n) is 45.1. The lowest BCUT2D eigenvalue weighted by molar-refractivity contribution is -0.143. The molecular weight excluding hydrogens is 827 g/mol. The number of aliphatic hydroxyl groups is 2. The SMILES string of the molecule is CCCCCCCCCCCCCCCCCCCCCCCCC(O)C(CO)NC(=O)CC/C=C\C/C=C\CCCCCCCCOC(=O)CCCCCCCCCCCCCCCCC. The first-order valence-corrected chi connectivity index (χ1v) is 30.1. The molecule has 0 aliphatic rings. The van der Waals surface area contributed by atoms with E-state index < -0.39 is 12.1 Å². The first-order valence-electron chi connectivity index (χ1n) is 30.1. The van der Waals surface area contributed by atoms with Crippen molar-refractivity contribution in [1.29, 1.82) is 0 Å². The fourth-order valence-electron chi connectivity index (χ4n) is 9.40. The summed E-state index contributed by atoms with van der Waals surface area (Å²) in [5.74, 6) is -0.125. The van der Waals surface area contributed by atoms with E-state index in [-0.39, 0.29) is 18.5 Å². The van der Waals surface area contributed by atoms with Crippen LogP contribution in [0.1, 0.15) is 328 Å². The van der Waals surface area contributed by atoms with E-state index in [4.69, 9.17) is 4.74 Å². The summed E-state index contributed by atoms with van der Waals surface area (Å²) >= 11 is 0. The van der Waals surface area contributed by atoms with Crippen molar-refractivity contribution in [3.8, 4) is 0 Å². The molecule has 0 heterocycles. The van der Waals surface area contributed by atoms with Crippen molar-refractivity contribution in [3.05, 3.63) is 24.3 Å². The van der Waals surface area contributed by atoms with Gasteiger partial charge in [-0.05, 0) is 44.9 Å². The highest BCUT2D eigenvalue weighted by molar-refractivity contribution is 5.76. The van der Waals surface area contributed by atoms with Crippen LogP contribution in [0.3, 0.4) is 0 Å². The minimum Gasteiger partial charge on any atom is -0.466 e. The Balaban J connectivity index is 3.52. The van der Waals surface area contributed by atoms with Gasteiger partial charge in [0.1, 0.15) is 0 Å². The zero-order chi connectivity index (χ0) is 48.6. The molecule has 0 aromatic rings. The molecule has 0 bridgehead atoms. The monoisotopic (exact) mass is 944 g/mol. The van der Waals surface area contributed by atoms with Gasteiger partial charge in [-0.25, -0.2) is 0 Å². The first kappa shape index (κ1) is 65.3. The number of hydrogen-bond acceptors (Lipinski definition) is 5. The van der Waals surface area contributed by atoms with E-state index in [1.807, 2.05) is 6.08 Å². The molecule has 0 radical (unpaired) electrons. The fraction of sp³-hybridized carbons (Fsp3) is 0.902. The number of aliphatic hydroxyl groups excluding tert-OH is 2. The molecule has 0 fully saturated rings. The number of esters is 1. The van der Waals surface area contributed by atoms with Gasteiger partial charge < -0.3 is 20.3 Å². The minimum absolute atomic E-state index is 0.0133. The van der Waals surface area contributed by atoms with Crippen molar-refractivity contribution >= 4 is 11.9 Å². The van der Waals surface area contributed by atoms with Gasteiger partial charge in [-0.3, -0.25) is 9.59 Å². The Labute approximate surface area is 418 Å². The summed E-state index contributed by atoms with van der Waals surface area (Å²) in [5, 5.41) is 23.3. The fourth-order valence-corrected chi connectivity index (χ4v) is 9.40. The number of carbonyl (C=O) groups is 2. The van der Waals surface area contributed by atoms with E-state index in [9.17, 15) is 19.8 Å². The van der Waals surface area contributed by atoms with Gasteiger partial charge in [0.05, 0.1) is 25.4 Å². The van der Waals surface area contributed by atoms with Gasteiger partial charge in [0.2, 0.25) is 5.91 Å². The second kappa shape index (κ2) is 56.9. The molecule has 0 aliphatic heterocycles. The Morgan fingerprint density at radius 3 is 1.16 bits per heavy atom. The maximum Gasteiger partial charge on any atom is 0.305 e. The molecule has 2 atom stereocenters. The van der Waals surface area contributed by atoms with Gasteiger partial charge in [0, 0.05) is 12.8 Å². The van der Waals surface area contributed by atoms with Gasteiger partial charge >= 0.3 is 5.97 Å². The van der Waals surface area contributed by atoms with E-state index in [0.29, 0.717) is 32.3 Å². The molecule has 2 unspecified atom stereocenters. The third-order valence-electron chi connectivity index (χ3n) is 14.0. The Bertz CT molecular complexity index is 1040. The lowest BCUT2D eigenvalue weighted by atomic mass is 10.0. The highest BCUT2D eigenvalue weighted by Gasteiger charge is 2.20. The summed E-state index contributed by atoms with van der Waals surface area (Å²) in [7, 11) is 0. The predicted molar refractivity (Wildman–Crippen MR) is 292 cm³/mol. The van der Waals surface area contributed by atoms with E-state index >= 15 is 0 Å². The number of ether oxygens (including phenoxy) is 1. The summed E-state index contributed by atoms with van der Waals surface area (Å²) < 4.78 is 5.47. The second-order valence-corrected chi connectivity index (χ2v) is 20.7. The smallest absolute Gasteiger partial charge is 0.305 e. The molecule has 0 aromatic heterocycles. The lowest BCUT2D eigenvalue weighted by Gasteiger charge is -2.22. The molecule has 0 spiro atoms. The van der Waals surface area contributed by atoms with Crippen LogP contribution in [0.2, 0.25) is 0 Å². The molecule has 0 rings (SSSR count). The summed E-state index contributed by atoms with van der Waals surface area (Å²) in [6.07, 6.45) is 69.0. The van der Waals surface area contributed by atoms with Gasteiger partial charge in [0.25, 0.3) is 0 Å². The minimum atomic E-state index is -0.700. The van der Waals surface area contributed by atoms with Crippen molar-refractivity contribution in [2.24, 2.45) is 0 Å². The molecule has 6 nitrogen and oxygen atoms in total. The molecule has 0 saturated carbocycles. The predicted octanol–water partition coefficient (Wildman–Crippen LogP) is 18.6. The average Bonchev–Trinajstić information content (AvgIpc) is 3.33. The summed E-state index contributed by atoms with van der Waals surface area (Å²) in [6.45, 7) is 4.92. The van der Waals surface area contributed by atoms with Gasteiger partial charge in [0.15, 0.2) is 0 Å². The van der Waals surface area contributed by atoms with Gasteiger partial charge in [-0.2, -0.15) is 0 Å². The maximum atomic E-state index is 12.5. The lowest BCUT2D eigenvalue weighted by Crippen LogP contribution is -2.45. The van der Waals surface area contributed by atoms with Crippen molar-refractivity contribution in [2.45, 2.75) is 341 Å². The molecule has 0 saturated heterocycles. The first-order chi connectivity index (χ1) is 33.0. The van der Waals surface area contributed by atoms with Crippen molar-refractivity contribution < 1.29 is 24.5 Å². The highest BCUT2D eigenvalue weighted by atomic mass is 16.5. The Morgan fingerprint density at radius 1 is 0.418 bits per heavy atom. The summed E-state index contributed by atoms with van der Waals surface area (Å²) in [5.41, 5.74) is 0. The average molecular weight is 945 g/mol. The topological polar surface area (TPSA) is 95.9 Å². The molecular formula is C61H117NO5. The number of amides is 1. The van der Waals surface area contributed by atoms with Crippen molar-refractivity contribution in [1.82, 2.24) is 5.32 Å². The molecule has 3 N–H and O–H groups in total. The normalized spacial score (nSPS) is 12.7. The van der Waals surface area contributed by atoms with Crippen LogP contribution < -0.4 is 5.32 Å². The molecule has 1 amide bonds. The second-order valence-electron chi connectivity index (χ2n) is 20.7. The number of nitrogens with one attached hydrogen (secondary N) is 1. The molecule has 0 aromatic carbocycles. The summed E-state index contributed by atoms with van der Waals surface area (Å²) in [6, 6.07) is -0.586. The largest absolute Gasteiger partial charge is 0.466 e. The Morgan fingerprint density at radius 2 is 0.761 bits per heavy atom. The Hall–Kier alpha value is -1.66. The third-order valence-corrected chi connectivity index (χ3v) is 14.0.